The Morgan fingerprint density at radius 3 is 3.05 bits per heavy atom. The lowest BCUT2D eigenvalue weighted by Crippen LogP contribution is -2.20. The third-order valence-electron chi connectivity index (χ3n) is 2.18. The number of aromatic nitrogens is 4. The van der Waals surface area contributed by atoms with E-state index in [1.165, 1.54) is 30.4 Å². The Kier molecular flexibility index (Phi) is 4.19. The van der Waals surface area contributed by atoms with Crippen LogP contribution in [0.1, 0.15) is 11.4 Å². The lowest BCUT2D eigenvalue weighted by atomic mass is 10.2. The molecule has 2 aromatic rings. The van der Waals surface area contributed by atoms with Crippen molar-refractivity contribution < 1.29 is 9.18 Å². The lowest BCUT2D eigenvalue weighted by molar-refractivity contribution is -0.116. The van der Waals surface area contributed by atoms with Crippen molar-refractivity contribution in [2.24, 2.45) is 0 Å². The molecule has 0 aliphatic rings. The molecule has 2 N–H and O–H groups in total. The second-order valence-corrected chi connectivity index (χ2v) is 3.96. The predicted octanol–water partition coefficient (Wildman–Crippen LogP) is 1.32. The number of nitrogens with one attached hydrogen (secondary N) is 2. The molecule has 2 rings (SSSR count). The molecule has 1 amide bonds. The summed E-state index contributed by atoms with van der Waals surface area (Å²) in [6, 6.07) is 4.18. The number of aromatic amines is 1. The van der Waals surface area contributed by atoms with Crippen molar-refractivity contribution in [1.29, 1.82) is 0 Å². The number of rotatable bonds is 4. The predicted molar refractivity (Wildman–Crippen MR) is 66.5 cm³/mol. The molecule has 0 fully saturated rings. The fourth-order valence-electron chi connectivity index (χ4n) is 1.27. The van der Waals surface area contributed by atoms with E-state index < -0.39 is 5.82 Å². The summed E-state index contributed by atoms with van der Waals surface area (Å²) in [6.07, 6.45) is 2.83. The molecular formula is C11H9ClFN5O. The van der Waals surface area contributed by atoms with E-state index in [-0.39, 0.29) is 17.5 Å². The first-order valence-corrected chi connectivity index (χ1v) is 5.66. The van der Waals surface area contributed by atoms with Crippen molar-refractivity contribution >= 4 is 23.6 Å². The molecule has 8 heteroatoms. The molecule has 0 aliphatic carbocycles. The summed E-state index contributed by atoms with van der Waals surface area (Å²) in [4.78, 5) is 11.5. The van der Waals surface area contributed by atoms with E-state index >= 15 is 0 Å². The minimum atomic E-state index is -0.500. The van der Waals surface area contributed by atoms with Gasteiger partial charge in [-0.05, 0) is 23.8 Å². The van der Waals surface area contributed by atoms with E-state index in [1.54, 1.807) is 0 Å². The highest BCUT2D eigenvalue weighted by Gasteiger charge is 2.01. The minimum Gasteiger partial charge on any atom is -0.345 e. The van der Waals surface area contributed by atoms with E-state index in [0.717, 1.165) is 0 Å². The van der Waals surface area contributed by atoms with Gasteiger partial charge in [0.25, 0.3) is 0 Å². The summed E-state index contributed by atoms with van der Waals surface area (Å²) >= 11 is 5.62. The van der Waals surface area contributed by atoms with Gasteiger partial charge in [-0.15, -0.1) is 10.2 Å². The Hall–Kier alpha value is -2.28. The van der Waals surface area contributed by atoms with Crippen LogP contribution in [0, 0.1) is 5.82 Å². The fraction of sp³-hybridized carbons (Fsp3) is 0.0909. The van der Waals surface area contributed by atoms with Crippen LogP contribution in [0.15, 0.2) is 24.3 Å². The van der Waals surface area contributed by atoms with Crippen molar-refractivity contribution in [1.82, 2.24) is 25.9 Å². The molecule has 1 heterocycles. The summed E-state index contributed by atoms with van der Waals surface area (Å²) in [6.45, 7) is 0.170. The zero-order valence-corrected chi connectivity index (χ0v) is 10.4. The van der Waals surface area contributed by atoms with E-state index in [0.29, 0.717) is 11.4 Å². The number of hydrogen-bond donors (Lipinski definition) is 2. The van der Waals surface area contributed by atoms with Gasteiger partial charge < -0.3 is 5.32 Å². The van der Waals surface area contributed by atoms with Crippen LogP contribution < -0.4 is 5.32 Å². The van der Waals surface area contributed by atoms with Crippen molar-refractivity contribution in [3.63, 3.8) is 0 Å². The van der Waals surface area contributed by atoms with Crippen molar-refractivity contribution in [2.75, 3.05) is 0 Å². The monoisotopic (exact) mass is 281 g/mol. The van der Waals surface area contributed by atoms with Crippen molar-refractivity contribution in [2.45, 2.75) is 6.54 Å². The van der Waals surface area contributed by atoms with Crippen molar-refractivity contribution in [3.8, 4) is 0 Å². The second-order valence-electron chi connectivity index (χ2n) is 3.55. The Morgan fingerprint density at radius 1 is 1.53 bits per heavy atom. The molecular weight excluding hydrogens is 273 g/mol. The maximum atomic E-state index is 12.9. The summed E-state index contributed by atoms with van der Waals surface area (Å²) in [5.74, 6) is -0.447. The van der Waals surface area contributed by atoms with Crippen molar-refractivity contribution in [3.05, 3.63) is 46.5 Å². The number of nitrogens with zero attached hydrogens (tertiary/aromatic N) is 3. The standard InChI is InChI=1S/C11H9ClFN5O/c12-8-5-7(1-3-9(8)13)2-4-11(19)14-6-10-15-17-18-16-10/h1-5H,6H2,(H,14,19)(H,15,16,17,18). The number of amides is 1. The first-order valence-electron chi connectivity index (χ1n) is 5.28. The van der Waals surface area contributed by atoms with E-state index in [1.807, 2.05) is 0 Å². The number of carbonyl (C=O) groups excluding carboxylic acids is 1. The summed E-state index contributed by atoms with van der Waals surface area (Å²) < 4.78 is 12.9. The van der Waals surface area contributed by atoms with Gasteiger partial charge in [-0.1, -0.05) is 22.9 Å². The van der Waals surface area contributed by atoms with Crippen LogP contribution in [-0.4, -0.2) is 26.5 Å². The smallest absolute Gasteiger partial charge is 0.244 e. The van der Waals surface area contributed by atoms with Crippen LogP contribution in [0.3, 0.4) is 0 Å². The Labute approximate surface area is 112 Å². The SMILES string of the molecule is O=C(C=Cc1ccc(F)c(Cl)c1)NCc1nn[nH]n1. The fourth-order valence-corrected chi connectivity index (χ4v) is 1.46. The Balaban J connectivity index is 1.90. The van der Waals surface area contributed by atoms with Gasteiger partial charge in [-0.2, -0.15) is 5.21 Å². The number of halogens is 2. The van der Waals surface area contributed by atoms with Gasteiger partial charge in [0.15, 0.2) is 5.82 Å². The number of benzene rings is 1. The molecule has 0 atom stereocenters. The van der Waals surface area contributed by atoms with Gasteiger partial charge >= 0.3 is 0 Å². The zero-order valence-electron chi connectivity index (χ0n) is 9.60. The molecule has 1 aromatic carbocycles. The third kappa shape index (κ3) is 3.85. The first kappa shape index (κ1) is 13.2. The minimum absolute atomic E-state index is 0.00866. The summed E-state index contributed by atoms with van der Waals surface area (Å²) in [5, 5.41) is 15.6. The number of carbonyl (C=O) groups is 1. The number of hydrogen-bond acceptors (Lipinski definition) is 4. The van der Waals surface area contributed by atoms with Gasteiger partial charge in [0.05, 0.1) is 11.6 Å². The summed E-state index contributed by atoms with van der Waals surface area (Å²) in [7, 11) is 0. The highest BCUT2D eigenvalue weighted by atomic mass is 35.5. The van der Waals surface area contributed by atoms with Crippen LogP contribution in [-0.2, 0) is 11.3 Å². The van der Waals surface area contributed by atoms with E-state index in [4.69, 9.17) is 11.6 Å². The topological polar surface area (TPSA) is 83.6 Å². The number of H-pyrrole nitrogens is 1. The average molecular weight is 282 g/mol. The molecule has 0 saturated carbocycles. The van der Waals surface area contributed by atoms with Crippen LogP contribution >= 0.6 is 11.6 Å². The third-order valence-corrected chi connectivity index (χ3v) is 2.47. The van der Waals surface area contributed by atoms with Crippen LogP contribution in [0.25, 0.3) is 6.08 Å². The van der Waals surface area contributed by atoms with Crippen LogP contribution in [0.4, 0.5) is 4.39 Å². The molecule has 0 radical (unpaired) electrons. The maximum Gasteiger partial charge on any atom is 0.244 e. The Morgan fingerprint density at radius 2 is 2.37 bits per heavy atom. The second kappa shape index (κ2) is 6.05. The molecule has 1 aromatic heterocycles. The highest BCUT2D eigenvalue weighted by molar-refractivity contribution is 6.30. The zero-order chi connectivity index (χ0) is 13.7. The molecule has 0 bridgehead atoms. The molecule has 6 nitrogen and oxygen atoms in total. The molecule has 0 saturated heterocycles. The average Bonchev–Trinajstić information content (AvgIpc) is 2.91. The number of tetrazole rings is 1. The van der Waals surface area contributed by atoms with Gasteiger partial charge in [0, 0.05) is 6.08 Å². The van der Waals surface area contributed by atoms with Crippen LogP contribution in [0.2, 0.25) is 5.02 Å². The van der Waals surface area contributed by atoms with E-state index in [9.17, 15) is 9.18 Å². The van der Waals surface area contributed by atoms with Gasteiger partial charge in [0.1, 0.15) is 5.82 Å². The molecule has 0 unspecified atom stereocenters. The Bertz CT molecular complexity index is 599. The van der Waals surface area contributed by atoms with Crippen LogP contribution in [0.5, 0.6) is 0 Å². The summed E-state index contributed by atoms with van der Waals surface area (Å²) in [5.41, 5.74) is 0.626. The first-order chi connectivity index (χ1) is 9.15. The lowest BCUT2D eigenvalue weighted by Gasteiger charge is -1.98. The molecule has 19 heavy (non-hydrogen) atoms. The molecule has 0 spiro atoms. The quantitative estimate of drug-likeness (QED) is 0.828. The maximum absolute atomic E-state index is 12.9. The van der Waals surface area contributed by atoms with Gasteiger partial charge in [0.2, 0.25) is 5.91 Å². The molecule has 0 aliphatic heterocycles. The van der Waals surface area contributed by atoms with Gasteiger partial charge in [-0.3, -0.25) is 4.79 Å². The largest absolute Gasteiger partial charge is 0.345 e. The highest BCUT2D eigenvalue weighted by Crippen LogP contribution is 2.16. The molecule has 98 valence electrons. The van der Waals surface area contributed by atoms with Gasteiger partial charge in [-0.25, -0.2) is 4.39 Å². The van der Waals surface area contributed by atoms with E-state index in [2.05, 4.69) is 25.9 Å². The normalized spacial score (nSPS) is 10.8.